The Kier molecular flexibility index (Phi) is 5.03. The summed E-state index contributed by atoms with van der Waals surface area (Å²) >= 11 is 1.66. The summed E-state index contributed by atoms with van der Waals surface area (Å²) in [4.78, 5) is 4.78. The first-order valence-electron chi connectivity index (χ1n) is 7.72. The molecule has 3 rings (SSSR count). The van der Waals surface area contributed by atoms with Crippen LogP contribution in [0.3, 0.4) is 0 Å². The molecule has 0 aliphatic rings. The molecule has 0 N–H and O–H groups in total. The maximum Gasteiger partial charge on any atom is 0.209 e. The SMILES string of the molecule is CC(C)CSc1nnc(-c2ccccc2)c(-c2ccccc2)n1. The van der Waals surface area contributed by atoms with Crippen molar-refractivity contribution in [1.82, 2.24) is 15.2 Å². The van der Waals surface area contributed by atoms with E-state index in [1.165, 1.54) is 0 Å². The van der Waals surface area contributed by atoms with Gasteiger partial charge in [-0.25, -0.2) is 4.98 Å². The molecule has 2 aromatic carbocycles. The average Bonchev–Trinajstić information content (AvgIpc) is 2.61. The fraction of sp³-hybridized carbons (Fsp3) is 0.211. The Morgan fingerprint density at radius 1 is 0.783 bits per heavy atom. The number of benzene rings is 2. The van der Waals surface area contributed by atoms with Crippen molar-refractivity contribution >= 4 is 11.8 Å². The number of aromatic nitrogens is 3. The van der Waals surface area contributed by atoms with E-state index in [1.54, 1.807) is 11.8 Å². The minimum absolute atomic E-state index is 0.595. The van der Waals surface area contributed by atoms with Crippen molar-refractivity contribution < 1.29 is 0 Å². The second-order valence-electron chi connectivity index (χ2n) is 5.73. The van der Waals surface area contributed by atoms with Crippen LogP contribution in [0.5, 0.6) is 0 Å². The van der Waals surface area contributed by atoms with Crippen molar-refractivity contribution in [2.24, 2.45) is 5.92 Å². The molecule has 0 fully saturated rings. The van der Waals surface area contributed by atoms with Crippen LogP contribution in [-0.4, -0.2) is 20.9 Å². The predicted molar refractivity (Wildman–Crippen MR) is 96.3 cm³/mol. The topological polar surface area (TPSA) is 38.7 Å². The lowest BCUT2D eigenvalue weighted by Gasteiger charge is -2.10. The molecule has 0 bridgehead atoms. The van der Waals surface area contributed by atoms with Gasteiger partial charge in [0.05, 0.1) is 0 Å². The summed E-state index contributed by atoms with van der Waals surface area (Å²) in [7, 11) is 0. The molecule has 0 aliphatic heterocycles. The van der Waals surface area contributed by atoms with Crippen LogP contribution in [0.1, 0.15) is 13.8 Å². The third-order valence-corrected chi connectivity index (χ3v) is 4.57. The summed E-state index contributed by atoms with van der Waals surface area (Å²) in [5.41, 5.74) is 3.81. The number of rotatable bonds is 5. The van der Waals surface area contributed by atoms with Crippen molar-refractivity contribution in [1.29, 1.82) is 0 Å². The lowest BCUT2D eigenvalue weighted by Crippen LogP contribution is -2.00. The monoisotopic (exact) mass is 321 g/mol. The molecule has 0 radical (unpaired) electrons. The highest BCUT2D eigenvalue weighted by Crippen LogP contribution is 2.29. The molecular formula is C19H19N3S. The average molecular weight is 321 g/mol. The third kappa shape index (κ3) is 3.96. The van der Waals surface area contributed by atoms with Gasteiger partial charge in [-0.05, 0) is 5.92 Å². The van der Waals surface area contributed by atoms with E-state index in [1.807, 2.05) is 48.5 Å². The van der Waals surface area contributed by atoms with Crippen molar-refractivity contribution in [2.75, 3.05) is 5.75 Å². The van der Waals surface area contributed by atoms with E-state index in [4.69, 9.17) is 4.98 Å². The van der Waals surface area contributed by atoms with E-state index in [0.717, 1.165) is 33.4 Å². The van der Waals surface area contributed by atoms with Gasteiger partial charge < -0.3 is 0 Å². The summed E-state index contributed by atoms with van der Waals surface area (Å²) in [6.07, 6.45) is 0. The van der Waals surface area contributed by atoms with Crippen LogP contribution in [0.2, 0.25) is 0 Å². The Morgan fingerprint density at radius 2 is 1.35 bits per heavy atom. The lowest BCUT2D eigenvalue weighted by molar-refractivity contribution is 0.745. The summed E-state index contributed by atoms with van der Waals surface area (Å²) in [5, 5.41) is 9.52. The molecule has 0 atom stereocenters. The molecule has 0 spiro atoms. The van der Waals surface area contributed by atoms with Gasteiger partial charge >= 0.3 is 0 Å². The molecule has 0 saturated carbocycles. The number of hydrogen-bond donors (Lipinski definition) is 0. The quantitative estimate of drug-likeness (QED) is 0.623. The summed E-state index contributed by atoms with van der Waals surface area (Å²) in [5.74, 6) is 1.58. The highest BCUT2D eigenvalue weighted by Gasteiger charge is 2.13. The molecule has 23 heavy (non-hydrogen) atoms. The van der Waals surface area contributed by atoms with Crippen molar-refractivity contribution in [3.05, 3.63) is 60.7 Å². The second kappa shape index (κ2) is 7.38. The minimum atomic E-state index is 0.595. The standard InChI is InChI=1S/C19H19N3S/c1-14(2)13-23-19-20-17(15-9-5-3-6-10-15)18(21-22-19)16-11-7-4-8-12-16/h3-12,14H,13H2,1-2H3. The summed E-state index contributed by atoms with van der Waals surface area (Å²) in [6, 6.07) is 20.3. The normalized spacial score (nSPS) is 10.9. The van der Waals surface area contributed by atoms with Crippen molar-refractivity contribution in [2.45, 2.75) is 19.0 Å². The lowest BCUT2D eigenvalue weighted by atomic mass is 10.0. The number of hydrogen-bond acceptors (Lipinski definition) is 4. The first kappa shape index (κ1) is 15.7. The van der Waals surface area contributed by atoms with Gasteiger partial charge in [0, 0.05) is 16.9 Å². The van der Waals surface area contributed by atoms with Crippen LogP contribution in [0, 0.1) is 5.92 Å². The van der Waals surface area contributed by atoms with Crippen LogP contribution in [-0.2, 0) is 0 Å². The Bertz CT molecular complexity index is 758. The number of nitrogens with zero attached hydrogens (tertiary/aromatic N) is 3. The van der Waals surface area contributed by atoms with Crippen LogP contribution in [0.15, 0.2) is 65.8 Å². The van der Waals surface area contributed by atoms with Gasteiger partial charge in [0.1, 0.15) is 11.4 Å². The zero-order chi connectivity index (χ0) is 16.1. The largest absolute Gasteiger partial charge is 0.219 e. The molecule has 3 aromatic rings. The zero-order valence-corrected chi connectivity index (χ0v) is 14.1. The molecule has 0 unspecified atom stereocenters. The van der Waals surface area contributed by atoms with E-state index >= 15 is 0 Å². The smallest absolute Gasteiger partial charge is 0.209 e. The van der Waals surface area contributed by atoms with E-state index in [2.05, 4.69) is 36.2 Å². The highest BCUT2D eigenvalue weighted by atomic mass is 32.2. The maximum atomic E-state index is 4.78. The van der Waals surface area contributed by atoms with Gasteiger partial charge in [0.25, 0.3) is 0 Å². The molecule has 0 aliphatic carbocycles. The maximum absolute atomic E-state index is 4.78. The first-order chi connectivity index (χ1) is 11.2. The van der Waals surface area contributed by atoms with Gasteiger partial charge in [0.15, 0.2) is 0 Å². The minimum Gasteiger partial charge on any atom is -0.219 e. The van der Waals surface area contributed by atoms with Gasteiger partial charge in [-0.15, -0.1) is 10.2 Å². The first-order valence-corrected chi connectivity index (χ1v) is 8.71. The molecule has 3 nitrogen and oxygen atoms in total. The van der Waals surface area contributed by atoms with Crippen LogP contribution >= 0.6 is 11.8 Å². The number of thioether (sulfide) groups is 1. The van der Waals surface area contributed by atoms with E-state index < -0.39 is 0 Å². The van der Waals surface area contributed by atoms with Gasteiger partial charge in [-0.1, -0.05) is 86.3 Å². The van der Waals surface area contributed by atoms with E-state index in [-0.39, 0.29) is 0 Å². The molecule has 4 heteroatoms. The van der Waals surface area contributed by atoms with Gasteiger partial charge in [-0.2, -0.15) is 0 Å². The molecular weight excluding hydrogens is 302 g/mol. The van der Waals surface area contributed by atoms with E-state index in [0.29, 0.717) is 5.92 Å². The summed E-state index contributed by atoms with van der Waals surface area (Å²) in [6.45, 7) is 4.38. The predicted octanol–water partition coefficient (Wildman–Crippen LogP) is 4.95. The highest BCUT2D eigenvalue weighted by molar-refractivity contribution is 7.99. The van der Waals surface area contributed by atoms with Crippen LogP contribution < -0.4 is 0 Å². The zero-order valence-electron chi connectivity index (χ0n) is 13.3. The molecule has 0 saturated heterocycles. The second-order valence-corrected chi connectivity index (χ2v) is 6.72. The van der Waals surface area contributed by atoms with Gasteiger partial charge in [-0.3, -0.25) is 0 Å². The third-order valence-electron chi connectivity index (χ3n) is 3.31. The summed E-state index contributed by atoms with van der Waals surface area (Å²) < 4.78 is 0. The fourth-order valence-corrected chi connectivity index (χ4v) is 2.94. The van der Waals surface area contributed by atoms with Gasteiger partial charge in [0.2, 0.25) is 5.16 Å². The fourth-order valence-electron chi connectivity index (χ4n) is 2.20. The molecule has 0 amide bonds. The van der Waals surface area contributed by atoms with Crippen LogP contribution in [0.4, 0.5) is 0 Å². The van der Waals surface area contributed by atoms with E-state index in [9.17, 15) is 0 Å². The Morgan fingerprint density at radius 3 is 1.91 bits per heavy atom. The van der Waals surface area contributed by atoms with Crippen molar-refractivity contribution in [3.63, 3.8) is 0 Å². The molecule has 1 aromatic heterocycles. The Labute approximate surface area is 141 Å². The Balaban J connectivity index is 2.05. The Hall–Kier alpha value is -2.20. The molecule has 1 heterocycles. The van der Waals surface area contributed by atoms with Crippen LogP contribution in [0.25, 0.3) is 22.5 Å². The van der Waals surface area contributed by atoms with Crippen molar-refractivity contribution in [3.8, 4) is 22.5 Å². The molecule has 116 valence electrons.